The fourth-order valence-corrected chi connectivity index (χ4v) is 2.89. The van der Waals surface area contributed by atoms with Gasteiger partial charge in [-0.05, 0) is 36.2 Å². The molecule has 3 rings (SSSR count). The molecule has 2 N–H and O–H groups in total. The van der Waals surface area contributed by atoms with E-state index < -0.39 is 11.9 Å². The van der Waals surface area contributed by atoms with Gasteiger partial charge in [0.05, 0.1) is 5.57 Å². The van der Waals surface area contributed by atoms with Gasteiger partial charge in [0.15, 0.2) is 0 Å². The van der Waals surface area contributed by atoms with Crippen molar-refractivity contribution in [3.8, 4) is 5.75 Å². The monoisotopic (exact) mass is 397 g/mol. The Morgan fingerprint density at radius 1 is 0.931 bits per heavy atom. The average Bonchev–Trinajstić information content (AvgIpc) is 2.75. The van der Waals surface area contributed by atoms with Crippen LogP contribution >= 0.6 is 0 Å². The summed E-state index contributed by atoms with van der Waals surface area (Å²) >= 11 is 0. The molecule has 7 nitrogen and oxygen atoms in total. The van der Waals surface area contributed by atoms with E-state index in [4.69, 9.17) is 24.5 Å². The number of rotatable bonds is 4. The Bertz CT molecular complexity index is 865. The minimum absolute atomic E-state index is 0.242. The predicted molar refractivity (Wildman–Crippen MR) is 107 cm³/mol. The summed E-state index contributed by atoms with van der Waals surface area (Å²) in [6.45, 7) is 4.67. The molecule has 0 bridgehead atoms. The van der Waals surface area contributed by atoms with Gasteiger partial charge in [-0.1, -0.05) is 55.5 Å². The third-order valence-electron chi connectivity index (χ3n) is 4.38. The summed E-state index contributed by atoms with van der Waals surface area (Å²) in [6, 6.07) is 19.4. The minimum Gasteiger partial charge on any atom is -0.473 e. The van der Waals surface area contributed by atoms with Gasteiger partial charge < -0.3 is 14.9 Å². The summed E-state index contributed by atoms with van der Waals surface area (Å²) < 4.78 is 5.57. The lowest BCUT2D eigenvalue weighted by atomic mass is 9.93. The van der Waals surface area contributed by atoms with Crippen LogP contribution < -0.4 is 4.74 Å². The number of hydrogen-bond acceptors (Lipinski definition) is 5. The van der Waals surface area contributed by atoms with Gasteiger partial charge >= 0.3 is 17.9 Å². The zero-order valence-electron chi connectivity index (χ0n) is 16.1. The highest BCUT2D eigenvalue weighted by atomic mass is 16.5. The van der Waals surface area contributed by atoms with Crippen molar-refractivity contribution >= 4 is 23.5 Å². The number of likely N-dealkylation sites (N-methyl/N-ethyl adjacent to an activating group) is 1. The zero-order valence-corrected chi connectivity index (χ0v) is 16.1. The summed E-state index contributed by atoms with van der Waals surface area (Å²) in [5.41, 5.74) is 2.99. The Balaban J connectivity index is 0.000000438. The predicted octanol–water partition coefficient (Wildman–Crippen LogP) is 2.93. The quantitative estimate of drug-likeness (QED) is 0.464. The van der Waals surface area contributed by atoms with Crippen molar-refractivity contribution in [2.24, 2.45) is 0 Å². The van der Waals surface area contributed by atoms with E-state index in [1.165, 1.54) is 0 Å². The number of esters is 1. The lowest BCUT2D eigenvalue weighted by molar-refractivity contribution is -0.159. The van der Waals surface area contributed by atoms with E-state index in [2.05, 4.69) is 24.0 Å². The SMILES string of the molecule is CCN1CCC(c2ccccc2)=C(C(=O)Oc2ccccc2)C1.O=C(O)C(=O)O. The first-order valence-corrected chi connectivity index (χ1v) is 9.15. The Labute approximate surface area is 168 Å². The van der Waals surface area contributed by atoms with Crippen LogP contribution in [-0.2, 0) is 14.4 Å². The number of carboxylic acids is 2. The Hall–Kier alpha value is -3.45. The second-order valence-electron chi connectivity index (χ2n) is 6.25. The van der Waals surface area contributed by atoms with Gasteiger partial charge in [0, 0.05) is 13.1 Å². The summed E-state index contributed by atoms with van der Waals surface area (Å²) in [7, 11) is 0. The van der Waals surface area contributed by atoms with E-state index in [0.717, 1.165) is 36.2 Å². The van der Waals surface area contributed by atoms with Crippen molar-refractivity contribution in [1.29, 1.82) is 0 Å². The van der Waals surface area contributed by atoms with Crippen molar-refractivity contribution in [2.75, 3.05) is 19.6 Å². The maximum atomic E-state index is 12.7. The third kappa shape index (κ3) is 6.58. The number of hydrogen-bond donors (Lipinski definition) is 2. The van der Waals surface area contributed by atoms with Crippen LogP contribution in [0.2, 0.25) is 0 Å². The van der Waals surface area contributed by atoms with Gasteiger partial charge in [-0.15, -0.1) is 0 Å². The molecule has 152 valence electrons. The first-order valence-electron chi connectivity index (χ1n) is 9.15. The molecule has 0 saturated carbocycles. The molecular formula is C22H23NO6. The van der Waals surface area contributed by atoms with Crippen LogP contribution in [0.15, 0.2) is 66.2 Å². The van der Waals surface area contributed by atoms with Crippen LogP contribution in [0.1, 0.15) is 18.9 Å². The number of para-hydroxylation sites is 1. The van der Waals surface area contributed by atoms with Crippen molar-refractivity contribution in [2.45, 2.75) is 13.3 Å². The summed E-state index contributed by atoms with van der Waals surface area (Å²) in [5, 5.41) is 14.8. The van der Waals surface area contributed by atoms with Gasteiger partial charge in [0.1, 0.15) is 5.75 Å². The molecule has 0 fully saturated rings. The smallest absolute Gasteiger partial charge is 0.414 e. The number of nitrogens with zero attached hydrogens (tertiary/aromatic N) is 1. The molecule has 1 heterocycles. The summed E-state index contributed by atoms with van der Waals surface area (Å²) in [6.07, 6.45) is 0.872. The van der Waals surface area contributed by atoms with Crippen LogP contribution in [0.5, 0.6) is 5.75 Å². The summed E-state index contributed by atoms with van der Waals surface area (Å²) in [5.74, 6) is -3.30. The first kappa shape index (κ1) is 21.8. The highest BCUT2D eigenvalue weighted by molar-refractivity contribution is 6.27. The van der Waals surface area contributed by atoms with Crippen molar-refractivity contribution in [3.63, 3.8) is 0 Å². The Morgan fingerprint density at radius 3 is 2.00 bits per heavy atom. The van der Waals surface area contributed by atoms with E-state index >= 15 is 0 Å². The van der Waals surface area contributed by atoms with E-state index in [9.17, 15) is 4.79 Å². The number of carbonyl (C=O) groups is 3. The summed E-state index contributed by atoms with van der Waals surface area (Å²) in [4.78, 5) is 33.2. The highest BCUT2D eigenvalue weighted by Gasteiger charge is 2.25. The fraction of sp³-hybridized carbons (Fsp3) is 0.227. The maximum absolute atomic E-state index is 12.7. The molecule has 2 aromatic carbocycles. The van der Waals surface area contributed by atoms with Crippen LogP contribution in [-0.4, -0.2) is 52.7 Å². The van der Waals surface area contributed by atoms with E-state index in [-0.39, 0.29) is 5.97 Å². The number of carbonyl (C=O) groups excluding carboxylic acids is 1. The highest BCUT2D eigenvalue weighted by Crippen LogP contribution is 2.28. The lowest BCUT2D eigenvalue weighted by Gasteiger charge is -2.29. The largest absolute Gasteiger partial charge is 0.473 e. The van der Waals surface area contributed by atoms with Crippen LogP contribution in [0.25, 0.3) is 5.57 Å². The number of benzene rings is 2. The molecule has 0 saturated heterocycles. The molecule has 7 heteroatoms. The fourth-order valence-electron chi connectivity index (χ4n) is 2.89. The molecule has 2 aromatic rings. The molecule has 0 spiro atoms. The Kier molecular flexibility index (Phi) is 8.12. The van der Waals surface area contributed by atoms with Gasteiger partial charge in [-0.3, -0.25) is 4.90 Å². The van der Waals surface area contributed by atoms with Crippen molar-refractivity contribution < 1.29 is 29.3 Å². The molecule has 0 unspecified atom stereocenters. The molecule has 29 heavy (non-hydrogen) atoms. The molecular weight excluding hydrogens is 374 g/mol. The maximum Gasteiger partial charge on any atom is 0.414 e. The first-order chi connectivity index (χ1) is 13.9. The van der Waals surface area contributed by atoms with Crippen molar-refractivity contribution in [1.82, 2.24) is 4.90 Å². The lowest BCUT2D eigenvalue weighted by Crippen LogP contribution is -2.34. The average molecular weight is 397 g/mol. The minimum atomic E-state index is -1.82. The van der Waals surface area contributed by atoms with Gasteiger partial charge in [0.25, 0.3) is 0 Å². The van der Waals surface area contributed by atoms with E-state index in [1.807, 2.05) is 36.4 Å². The van der Waals surface area contributed by atoms with Gasteiger partial charge in [-0.25, -0.2) is 14.4 Å². The van der Waals surface area contributed by atoms with Crippen LogP contribution in [0.4, 0.5) is 0 Å². The van der Waals surface area contributed by atoms with Crippen LogP contribution in [0.3, 0.4) is 0 Å². The molecule has 0 aliphatic carbocycles. The zero-order chi connectivity index (χ0) is 21.2. The van der Waals surface area contributed by atoms with E-state index in [0.29, 0.717) is 12.3 Å². The number of ether oxygens (including phenoxy) is 1. The third-order valence-corrected chi connectivity index (χ3v) is 4.38. The topological polar surface area (TPSA) is 104 Å². The molecule has 0 aromatic heterocycles. The number of carboxylic acid groups (broad SMARTS) is 2. The number of aliphatic carboxylic acids is 2. The van der Waals surface area contributed by atoms with Crippen LogP contribution in [0, 0.1) is 0 Å². The van der Waals surface area contributed by atoms with E-state index in [1.54, 1.807) is 12.1 Å². The Morgan fingerprint density at radius 2 is 1.48 bits per heavy atom. The second kappa shape index (κ2) is 10.8. The van der Waals surface area contributed by atoms with Gasteiger partial charge in [-0.2, -0.15) is 0 Å². The molecule has 0 atom stereocenters. The molecule has 1 aliphatic heterocycles. The molecule has 1 aliphatic rings. The molecule has 0 radical (unpaired) electrons. The second-order valence-corrected chi connectivity index (χ2v) is 6.25. The normalized spacial score (nSPS) is 13.8. The van der Waals surface area contributed by atoms with Crippen molar-refractivity contribution in [3.05, 3.63) is 71.8 Å². The standard InChI is InChI=1S/C20H21NO2.C2H2O4/c1-2-21-14-13-18(16-9-5-3-6-10-16)19(15-21)20(22)23-17-11-7-4-8-12-17;3-1(4)2(5)6/h3-12H,2,13-15H2,1H3;(H,3,4)(H,5,6). The van der Waals surface area contributed by atoms with Gasteiger partial charge in [0.2, 0.25) is 0 Å². The molecule has 0 amide bonds.